The predicted molar refractivity (Wildman–Crippen MR) is 76.9 cm³/mol. The number of nitro groups is 1. The average molecular weight is 298 g/mol. The van der Waals surface area contributed by atoms with E-state index in [2.05, 4.69) is 15.7 Å². The van der Waals surface area contributed by atoms with E-state index in [1.807, 2.05) is 0 Å². The number of amides is 1. The summed E-state index contributed by atoms with van der Waals surface area (Å²) in [5.41, 5.74) is 2.10. The van der Waals surface area contributed by atoms with Gasteiger partial charge in [0.05, 0.1) is 18.1 Å². The summed E-state index contributed by atoms with van der Waals surface area (Å²) in [4.78, 5) is 27.5. The van der Waals surface area contributed by atoms with E-state index in [0.717, 1.165) is 0 Å². The molecule has 1 heterocycles. The number of nitrogens with zero attached hydrogens (tertiary/aromatic N) is 3. The number of nitrogens with two attached hydrogens (primary N) is 1. The zero-order valence-electron chi connectivity index (χ0n) is 11.8. The molecule has 10 heteroatoms. The number of hydrazine groups is 1. The van der Waals surface area contributed by atoms with Crippen molar-refractivity contribution in [3.8, 4) is 0 Å². The molecule has 1 amide bonds. The second kappa shape index (κ2) is 7.97. The van der Waals surface area contributed by atoms with Crippen LogP contribution < -0.4 is 21.5 Å². The Morgan fingerprint density at radius 1 is 1.57 bits per heavy atom. The van der Waals surface area contributed by atoms with Crippen molar-refractivity contribution in [2.75, 3.05) is 44.2 Å². The van der Waals surface area contributed by atoms with Crippen LogP contribution in [-0.4, -0.2) is 49.7 Å². The van der Waals surface area contributed by atoms with Gasteiger partial charge in [-0.25, -0.2) is 10.8 Å². The van der Waals surface area contributed by atoms with Crippen LogP contribution in [-0.2, 0) is 9.53 Å². The van der Waals surface area contributed by atoms with E-state index in [1.54, 1.807) is 0 Å². The number of anilines is 2. The Bertz CT molecular complexity index is 509. The third kappa shape index (κ3) is 4.85. The van der Waals surface area contributed by atoms with E-state index in [4.69, 9.17) is 10.6 Å². The molecule has 4 N–H and O–H groups in total. The molecule has 0 unspecified atom stereocenters. The Hall–Kier alpha value is -2.46. The summed E-state index contributed by atoms with van der Waals surface area (Å²) in [5.74, 6) is 5.26. The number of methoxy groups -OCH3 is 1. The topological polar surface area (TPSA) is 136 Å². The van der Waals surface area contributed by atoms with Crippen LogP contribution in [0.1, 0.15) is 0 Å². The van der Waals surface area contributed by atoms with Gasteiger partial charge >= 0.3 is 5.69 Å². The van der Waals surface area contributed by atoms with Gasteiger partial charge in [-0.2, -0.15) is 0 Å². The maximum absolute atomic E-state index is 11.7. The maximum Gasteiger partial charge on any atom is 0.311 e. The number of ether oxygens (including phenoxy) is 1. The number of aromatic nitrogens is 1. The number of hydrogen-bond acceptors (Lipinski definition) is 8. The van der Waals surface area contributed by atoms with E-state index in [-0.39, 0.29) is 29.8 Å². The van der Waals surface area contributed by atoms with Crippen molar-refractivity contribution in [3.05, 3.63) is 22.2 Å². The molecule has 0 spiro atoms. The Morgan fingerprint density at radius 3 is 2.86 bits per heavy atom. The van der Waals surface area contributed by atoms with Crippen molar-refractivity contribution in [3.63, 3.8) is 0 Å². The molecule has 10 nitrogen and oxygen atoms in total. The van der Waals surface area contributed by atoms with Crippen LogP contribution in [0.3, 0.4) is 0 Å². The summed E-state index contributed by atoms with van der Waals surface area (Å²) in [6.45, 7) is 0.676. The first kappa shape index (κ1) is 16.6. The highest BCUT2D eigenvalue weighted by molar-refractivity contribution is 5.81. The zero-order valence-corrected chi connectivity index (χ0v) is 11.8. The van der Waals surface area contributed by atoms with Crippen molar-refractivity contribution in [1.29, 1.82) is 0 Å². The highest BCUT2D eigenvalue weighted by Crippen LogP contribution is 2.26. The molecule has 0 aliphatic carbocycles. The van der Waals surface area contributed by atoms with Gasteiger partial charge in [0.1, 0.15) is 5.82 Å². The van der Waals surface area contributed by atoms with Gasteiger partial charge < -0.3 is 20.4 Å². The summed E-state index contributed by atoms with van der Waals surface area (Å²) in [6.07, 6.45) is 0. The summed E-state index contributed by atoms with van der Waals surface area (Å²) < 4.78 is 4.81. The first-order valence-electron chi connectivity index (χ1n) is 6.08. The number of nitrogen functional groups attached to an aromatic ring is 1. The molecule has 0 aromatic carbocycles. The molecule has 0 fully saturated rings. The summed E-state index contributed by atoms with van der Waals surface area (Å²) >= 11 is 0. The third-order valence-corrected chi connectivity index (χ3v) is 2.57. The van der Waals surface area contributed by atoms with Crippen LogP contribution in [0.5, 0.6) is 0 Å². The van der Waals surface area contributed by atoms with Crippen molar-refractivity contribution in [2.45, 2.75) is 0 Å². The molecule has 0 saturated heterocycles. The van der Waals surface area contributed by atoms with Crippen LogP contribution >= 0.6 is 0 Å². The molecule has 0 radical (unpaired) electrons. The lowest BCUT2D eigenvalue weighted by molar-refractivity contribution is -0.384. The van der Waals surface area contributed by atoms with Crippen LogP contribution in [0.25, 0.3) is 0 Å². The SMILES string of the molecule is COCCNC(=O)CN(C)c1nc(NN)ccc1[N+](=O)[O-]. The number of carbonyl (C=O) groups is 1. The maximum atomic E-state index is 11.7. The Balaban J connectivity index is 2.82. The van der Waals surface area contributed by atoms with Crippen molar-refractivity contribution in [2.24, 2.45) is 5.84 Å². The van der Waals surface area contributed by atoms with Gasteiger partial charge in [0.2, 0.25) is 11.7 Å². The summed E-state index contributed by atoms with van der Waals surface area (Å²) in [6, 6.07) is 2.66. The van der Waals surface area contributed by atoms with Crippen LogP contribution in [0.4, 0.5) is 17.3 Å². The fraction of sp³-hybridized carbons (Fsp3) is 0.455. The minimum absolute atomic E-state index is 0.0531. The predicted octanol–water partition coefficient (Wildman–Crippen LogP) is -0.526. The lowest BCUT2D eigenvalue weighted by Gasteiger charge is -2.18. The van der Waals surface area contributed by atoms with Gasteiger partial charge in [-0.1, -0.05) is 0 Å². The standard InChI is InChI=1S/C11H18N6O4/c1-16(7-10(18)13-5-6-21-2)11-8(17(19)20)3-4-9(14-11)15-12/h3-4H,5-7,12H2,1-2H3,(H,13,18)(H,14,15). The Morgan fingerprint density at radius 2 is 2.29 bits per heavy atom. The molecule has 0 bridgehead atoms. The number of pyridine rings is 1. The molecule has 0 atom stereocenters. The summed E-state index contributed by atoms with van der Waals surface area (Å²) in [5, 5.41) is 13.6. The molecule has 0 aliphatic rings. The zero-order chi connectivity index (χ0) is 15.8. The molecule has 116 valence electrons. The average Bonchev–Trinajstić information content (AvgIpc) is 2.46. The Kier molecular flexibility index (Phi) is 6.30. The second-order valence-electron chi connectivity index (χ2n) is 4.14. The highest BCUT2D eigenvalue weighted by atomic mass is 16.6. The molecule has 21 heavy (non-hydrogen) atoms. The van der Waals surface area contributed by atoms with E-state index in [0.29, 0.717) is 13.2 Å². The van der Waals surface area contributed by atoms with Gasteiger partial charge in [0, 0.05) is 26.8 Å². The van der Waals surface area contributed by atoms with E-state index in [1.165, 1.54) is 31.2 Å². The third-order valence-electron chi connectivity index (χ3n) is 2.57. The molecule has 1 rings (SSSR count). The molecular weight excluding hydrogens is 280 g/mol. The molecule has 1 aromatic rings. The number of nitrogens with one attached hydrogen (secondary N) is 2. The Labute approximate surface area is 121 Å². The van der Waals surface area contributed by atoms with E-state index >= 15 is 0 Å². The van der Waals surface area contributed by atoms with Gasteiger partial charge in [-0.3, -0.25) is 14.9 Å². The summed E-state index contributed by atoms with van der Waals surface area (Å²) in [7, 11) is 3.06. The lowest BCUT2D eigenvalue weighted by Crippen LogP contribution is -2.37. The highest BCUT2D eigenvalue weighted by Gasteiger charge is 2.21. The second-order valence-corrected chi connectivity index (χ2v) is 4.14. The van der Waals surface area contributed by atoms with Crippen molar-refractivity contribution < 1.29 is 14.5 Å². The van der Waals surface area contributed by atoms with E-state index in [9.17, 15) is 14.9 Å². The van der Waals surface area contributed by atoms with Crippen LogP contribution in [0.15, 0.2) is 12.1 Å². The normalized spacial score (nSPS) is 10.0. The molecular formula is C11H18N6O4. The van der Waals surface area contributed by atoms with Gasteiger partial charge in [-0.05, 0) is 6.07 Å². The smallest absolute Gasteiger partial charge is 0.311 e. The number of rotatable bonds is 8. The first-order chi connectivity index (χ1) is 9.99. The fourth-order valence-corrected chi connectivity index (χ4v) is 1.58. The quantitative estimate of drug-likeness (QED) is 0.252. The number of hydrogen-bond donors (Lipinski definition) is 3. The largest absolute Gasteiger partial charge is 0.383 e. The minimum atomic E-state index is -0.568. The van der Waals surface area contributed by atoms with Crippen LogP contribution in [0.2, 0.25) is 0 Å². The van der Waals surface area contributed by atoms with Crippen LogP contribution in [0, 0.1) is 10.1 Å². The first-order valence-corrected chi connectivity index (χ1v) is 6.08. The van der Waals surface area contributed by atoms with E-state index < -0.39 is 4.92 Å². The lowest BCUT2D eigenvalue weighted by atomic mass is 10.3. The van der Waals surface area contributed by atoms with Gasteiger partial charge in [-0.15, -0.1) is 0 Å². The van der Waals surface area contributed by atoms with Gasteiger partial charge in [0.15, 0.2) is 0 Å². The monoisotopic (exact) mass is 298 g/mol. The van der Waals surface area contributed by atoms with Crippen molar-refractivity contribution >= 4 is 23.2 Å². The van der Waals surface area contributed by atoms with Gasteiger partial charge in [0.25, 0.3) is 0 Å². The molecule has 1 aromatic heterocycles. The van der Waals surface area contributed by atoms with Crippen molar-refractivity contribution in [1.82, 2.24) is 10.3 Å². The fourth-order valence-electron chi connectivity index (χ4n) is 1.58. The number of likely N-dealkylation sites (N-methyl/N-ethyl adjacent to an activating group) is 1. The minimum Gasteiger partial charge on any atom is -0.383 e. The molecule has 0 aliphatic heterocycles. The number of carbonyl (C=O) groups excluding carboxylic acids is 1. The molecule has 0 saturated carbocycles.